The molecular weight excluding hydrogens is 370 g/mol. The van der Waals surface area contributed by atoms with Gasteiger partial charge in [-0.2, -0.15) is 0 Å². The molecule has 6 heteroatoms. The minimum Gasteiger partial charge on any atom is -0.465 e. The van der Waals surface area contributed by atoms with Crippen molar-refractivity contribution in [1.29, 1.82) is 0 Å². The Morgan fingerprint density at radius 2 is 1.77 bits per heavy atom. The van der Waals surface area contributed by atoms with Crippen LogP contribution in [0.1, 0.15) is 18.9 Å². The van der Waals surface area contributed by atoms with Crippen LogP contribution in [0.2, 0.25) is 5.02 Å². The topological polar surface area (TPSA) is 46.6 Å². The Kier molecular flexibility index (Phi) is 8.51. The van der Waals surface area contributed by atoms with Crippen molar-refractivity contribution in [3.05, 3.63) is 65.2 Å². The number of halogens is 1. The number of rotatable bonds is 9. The number of hydrogen-bond acceptors (Lipinski definition) is 4. The van der Waals surface area contributed by atoms with Gasteiger partial charge < -0.3 is 9.64 Å². The Morgan fingerprint density at radius 3 is 2.46 bits per heavy atom. The highest BCUT2D eigenvalue weighted by Crippen LogP contribution is 2.27. The molecule has 2 aromatic rings. The summed E-state index contributed by atoms with van der Waals surface area (Å²) in [5.41, 5.74) is 0.976. The normalized spacial score (nSPS) is 10.4. The van der Waals surface area contributed by atoms with Crippen LogP contribution in [0.3, 0.4) is 0 Å². The number of carbonyl (C=O) groups is 2. The van der Waals surface area contributed by atoms with Gasteiger partial charge in [0.2, 0.25) is 5.91 Å². The molecule has 0 aliphatic carbocycles. The second-order valence-electron chi connectivity index (χ2n) is 5.57. The summed E-state index contributed by atoms with van der Waals surface area (Å²) in [6.07, 6.45) is 0.322. The van der Waals surface area contributed by atoms with Crippen LogP contribution in [-0.2, 0) is 20.9 Å². The molecule has 0 N–H and O–H groups in total. The molecule has 0 saturated heterocycles. The van der Waals surface area contributed by atoms with E-state index in [4.69, 9.17) is 16.3 Å². The Bertz CT molecular complexity index is 724. The molecule has 4 nitrogen and oxygen atoms in total. The van der Waals surface area contributed by atoms with E-state index in [2.05, 4.69) is 0 Å². The number of esters is 1. The van der Waals surface area contributed by atoms with E-state index in [0.29, 0.717) is 30.3 Å². The summed E-state index contributed by atoms with van der Waals surface area (Å²) < 4.78 is 4.99. The number of hydrogen-bond donors (Lipinski definition) is 0. The van der Waals surface area contributed by atoms with E-state index in [-0.39, 0.29) is 12.5 Å². The molecule has 0 fully saturated rings. The van der Waals surface area contributed by atoms with Gasteiger partial charge >= 0.3 is 5.97 Å². The molecule has 0 bridgehead atoms. The molecule has 0 radical (unpaired) electrons. The highest BCUT2D eigenvalue weighted by molar-refractivity contribution is 7.99. The molecule has 138 valence electrons. The standard InChI is InChI=1S/C20H22ClNO3S/c1-2-25-20(24)15-22(14-16-8-4-3-5-9-16)19(23)12-13-26-18-11-7-6-10-17(18)21/h3-11H,2,12-15H2,1H3. The highest BCUT2D eigenvalue weighted by atomic mass is 35.5. The zero-order valence-corrected chi connectivity index (χ0v) is 16.3. The number of nitrogens with zero attached hydrogens (tertiary/aromatic N) is 1. The van der Waals surface area contributed by atoms with Crippen LogP contribution >= 0.6 is 23.4 Å². The number of ether oxygens (including phenoxy) is 1. The van der Waals surface area contributed by atoms with Gasteiger partial charge in [-0.25, -0.2) is 0 Å². The van der Waals surface area contributed by atoms with Gasteiger partial charge in [-0.1, -0.05) is 54.1 Å². The van der Waals surface area contributed by atoms with E-state index in [1.54, 1.807) is 11.8 Å². The summed E-state index contributed by atoms with van der Waals surface area (Å²) in [5.74, 6) is 0.119. The van der Waals surface area contributed by atoms with Crippen LogP contribution in [0.25, 0.3) is 0 Å². The third-order valence-electron chi connectivity index (χ3n) is 3.60. The van der Waals surface area contributed by atoms with Crippen molar-refractivity contribution >= 4 is 35.2 Å². The fourth-order valence-electron chi connectivity index (χ4n) is 2.37. The first kappa shape index (κ1) is 20.3. The van der Waals surface area contributed by atoms with E-state index in [9.17, 15) is 9.59 Å². The van der Waals surface area contributed by atoms with E-state index in [1.165, 1.54) is 11.8 Å². The first-order chi connectivity index (χ1) is 12.6. The van der Waals surface area contributed by atoms with Crippen molar-refractivity contribution in [3.8, 4) is 0 Å². The van der Waals surface area contributed by atoms with Crippen LogP contribution in [0, 0.1) is 0 Å². The predicted octanol–water partition coefficient (Wildman–Crippen LogP) is 4.41. The van der Waals surface area contributed by atoms with Crippen molar-refractivity contribution in [2.45, 2.75) is 24.8 Å². The maximum atomic E-state index is 12.6. The lowest BCUT2D eigenvalue weighted by Gasteiger charge is -2.22. The molecule has 0 aliphatic heterocycles. The average Bonchev–Trinajstić information content (AvgIpc) is 2.64. The first-order valence-electron chi connectivity index (χ1n) is 8.44. The third kappa shape index (κ3) is 6.73. The summed E-state index contributed by atoms with van der Waals surface area (Å²) in [6, 6.07) is 17.2. The molecular formula is C20H22ClNO3S. The number of amides is 1. The number of benzene rings is 2. The van der Waals surface area contributed by atoms with Gasteiger partial charge in [-0.15, -0.1) is 11.8 Å². The van der Waals surface area contributed by atoms with Gasteiger partial charge in [0.1, 0.15) is 6.54 Å². The molecule has 1 amide bonds. The SMILES string of the molecule is CCOC(=O)CN(Cc1ccccc1)C(=O)CCSc1ccccc1Cl. The fourth-order valence-corrected chi connectivity index (χ4v) is 3.54. The molecule has 0 aromatic heterocycles. The molecule has 0 saturated carbocycles. The van der Waals surface area contributed by atoms with Crippen molar-refractivity contribution < 1.29 is 14.3 Å². The minimum absolute atomic E-state index is 0.0433. The van der Waals surface area contributed by atoms with Crippen LogP contribution in [0.15, 0.2) is 59.5 Å². The second-order valence-corrected chi connectivity index (χ2v) is 7.11. The lowest BCUT2D eigenvalue weighted by atomic mass is 10.2. The molecule has 0 spiro atoms. The summed E-state index contributed by atoms with van der Waals surface area (Å²) >= 11 is 7.67. The van der Waals surface area contributed by atoms with Gasteiger partial charge in [0, 0.05) is 23.6 Å². The van der Waals surface area contributed by atoms with E-state index < -0.39 is 5.97 Å². The van der Waals surface area contributed by atoms with Gasteiger partial charge in [-0.05, 0) is 24.6 Å². The Balaban J connectivity index is 1.95. The van der Waals surface area contributed by atoms with Gasteiger partial charge in [0.15, 0.2) is 0 Å². The quantitative estimate of drug-likeness (QED) is 0.469. The Labute approximate surface area is 163 Å². The van der Waals surface area contributed by atoms with E-state index in [1.807, 2.05) is 54.6 Å². The fraction of sp³-hybridized carbons (Fsp3) is 0.300. The molecule has 0 unspecified atom stereocenters. The third-order valence-corrected chi connectivity index (χ3v) is 5.12. The summed E-state index contributed by atoms with van der Waals surface area (Å²) in [5, 5.41) is 0.678. The molecule has 0 aliphatic rings. The molecule has 2 rings (SSSR count). The zero-order valence-electron chi connectivity index (χ0n) is 14.7. The number of thioether (sulfide) groups is 1. The average molecular weight is 392 g/mol. The smallest absolute Gasteiger partial charge is 0.325 e. The Morgan fingerprint density at radius 1 is 1.08 bits per heavy atom. The van der Waals surface area contributed by atoms with Gasteiger partial charge in [0.25, 0.3) is 0 Å². The predicted molar refractivity (Wildman–Crippen MR) is 105 cm³/mol. The van der Waals surface area contributed by atoms with Crippen molar-refractivity contribution in [1.82, 2.24) is 4.90 Å². The van der Waals surface area contributed by atoms with Crippen molar-refractivity contribution in [3.63, 3.8) is 0 Å². The van der Waals surface area contributed by atoms with Crippen LogP contribution < -0.4 is 0 Å². The molecule has 26 heavy (non-hydrogen) atoms. The van der Waals surface area contributed by atoms with Crippen LogP contribution in [-0.4, -0.2) is 35.7 Å². The van der Waals surface area contributed by atoms with Crippen molar-refractivity contribution in [2.24, 2.45) is 0 Å². The van der Waals surface area contributed by atoms with E-state index in [0.717, 1.165) is 10.5 Å². The monoisotopic (exact) mass is 391 g/mol. The summed E-state index contributed by atoms with van der Waals surface area (Å²) in [7, 11) is 0. The first-order valence-corrected chi connectivity index (χ1v) is 9.81. The highest BCUT2D eigenvalue weighted by Gasteiger charge is 2.18. The number of carbonyl (C=O) groups excluding carboxylic acids is 2. The second kappa shape index (κ2) is 10.9. The molecule has 0 atom stereocenters. The molecule has 0 heterocycles. The molecule has 2 aromatic carbocycles. The summed E-state index contributed by atoms with van der Waals surface area (Å²) in [6.45, 7) is 2.39. The summed E-state index contributed by atoms with van der Waals surface area (Å²) in [4.78, 5) is 27.0. The lowest BCUT2D eigenvalue weighted by Crippen LogP contribution is -2.36. The minimum atomic E-state index is -0.393. The van der Waals surface area contributed by atoms with Gasteiger partial charge in [0.05, 0.1) is 11.6 Å². The van der Waals surface area contributed by atoms with E-state index >= 15 is 0 Å². The van der Waals surface area contributed by atoms with Gasteiger partial charge in [-0.3, -0.25) is 9.59 Å². The lowest BCUT2D eigenvalue weighted by molar-refractivity contribution is -0.149. The van der Waals surface area contributed by atoms with Crippen LogP contribution in [0.4, 0.5) is 0 Å². The maximum absolute atomic E-state index is 12.6. The van der Waals surface area contributed by atoms with Crippen molar-refractivity contribution in [2.75, 3.05) is 18.9 Å². The Hall–Kier alpha value is -1.98. The maximum Gasteiger partial charge on any atom is 0.325 e. The van der Waals surface area contributed by atoms with Crippen LogP contribution in [0.5, 0.6) is 0 Å². The largest absolute Gasteiger partial charge is 0.465 e. The zero-order chi connectivity index (χ0) is 18.8.